The van der Waals surface area contributed by atoms with Gasteiger partial charge in [0.05, 0.1) is 9.81 Å². The van der Waals surface area contributed by atoms with Crippen molar-refractivity contribution in [2.24, 2.45) is 0 Å². The average Bonchev–Trinajstić information content (AvgIpc) is 3.38. The third-order valence-corrected chi connectivity index (χ3v) is 9.15. The fourth-order valence-corrected chi connectivity index (χ4v) is 6.64. The first-order chi connectivity index (χ1) is 20.1. The van der Waals surface area contributed by atoms with Gasteiger partial charge in [-0.3, -0.25) is 29.0 Å². The van der Waals surface area contributed by atoms with Gasteiger partial charge in [-0.1, -0.05) is 108 Å². The van der Waals surface area contributed by atoms with Crippen LogP contribution in [-0.4, -0.2) is 68.2 Å². The first kappa shape index (κ1) is 31.6. The summed E-state index contributed by atoms with van der Waals surface area (Å²) in [5.74, 6) is -0.923. The van der Waals surface area contributed by atoms with Crippen LogP contribution in [0.5, 0.6) is 0 Å². The van der Waals surface area contributed by atoms with Crippen molar-refractivity contribution in [1.29, 1.82) is 0 Å². The third kappa shape index (κ3) is 8.60. The quantitative estimate of drug-likeness (QED) is 0.212. The maximum atomic E-state index is 12.8. The summed E-state index contributed by atoms with van der Waals surface area (Å²) < 4.78 is 0.844. The molecule has 4 rings (SSSR count). The van der Waals surface area contributed by atoms with E-state index in [0.717, 1.165) is 22.3 Å². The molecule has 0 saturated carbocycles. The van der Waals surface area contributed by atoms with Crippen molar-refractivity contribution in [3.8, 4) is 0 Å². The lowest BCUT2D eigenvalue weighted by atomic mass is 10.1. The van der Waals surface area contributed by atoms with Gasteiger partial charge >= 0.3 is 0 Å². The van der Waals surface area contributed by atoms with E-state index in [9.17, 15) is 19.2 Å². The minimum Gasteiger partial charge on any atom is -0.354 e. The van der Waals surface area contributed by atoms with Crippen molar-refractivity contribution in [1.82, 2.24) is 20.4 Å². The average molecular weight is 639 g/mol. The normalized spacial score (nSPS) is 17.1. The zero-order chi connectivity index (χ0) is 30.2. The molecule has 42 heavy (non-hydrogen) atoms. The predicted octanol–water partition coefficient (Wildman–Crippen LogP) is 4.42. The van der Waals surface area contributed by atoms with Crippen LogP contribution >= 0.6 is 48.0 Å². The second-order valence-electron chi connectivity index (χ2n) is 9.69. The predicted molar refractivity (Wildman–Crippen MR) is 177 cm³/mol. The van der Waals surface area contributed by atoms with Gasteiger partial charge in [0.1, 0.15) is 8.64 Å². The highest BCUT2D eigenvalue weighted by Crippen LogP contribution is 2.33. The van der Waals surface area contributed by atoms with Gasteiger partial charge in [-0.2, -0.15) is 0 Å². The lowest BCUT2D eigenvalue weighted by Crippen LogP contribution is -2.38. The number of carbonyl (C=O) groups excluding carboxylic acids is 4. The van der Waals surface area contributed by atoms with Crippen molar-refractivity contribution in [2.75, 3.05) is 26.2 Å². The van der Waals surface area contributed by atoms with Crippen molar-refractivity contribution < 1.29 is 19.2 Å². The van der Waals surface area contributed by atoms with Crippen LogP contribution in [0.25, 0.3) is 12.2 Å². The van der Waals surface area contributed by atoms with Crippen LogP contribution < -0.4 is 10.6 Å². The summed E-state index contributed by atoms with van der Waals surface area (Å²) in [6.07, 6.45) is 3.77. The van der Waals surface area contributed by atoms with Gasteiger partial charge in [-0.05, 0) is 37.1 Å². The molecule has 0 bridgehead atoms. The summed E-state index contributed by atoms with van der Waals surface area (Å²) in [5.41, 5.74) is 4.09. The van der Waals surface area contributed by atoms with E-state index in [1.807, 2.05) is 62.4 Å². The molecule has 0 aromatic heterocycles. The molecule has 2 aliphatic heterocycles. The molecule has 0 aliphatic carbocycles. The summed E-state index contributed by atoms with van der Waals surface area (Å²) in [6, 6.07) is 15.7. The van der Waals surface area contributed by atoms with Crippen molar-refractivity contribution in [2.45, 2.75) is 26.7 Å². The minimum absolute atomic E-state index is 0.0861. The van der Waals surface area contributed by atoms with Crippen molar-refractivity contribution in [3.63, 3.8) is 0 Å². The van der Waals surface area contributed by atoms with Gasteiger partial charge in [-0.15, -0.1) is 0 Å². The standard InChI is InChI=1S/C30H30N4O4S4/c1-19-3-7-21(8-4-19)17-23-27(37)33(29(39)41-23)15-11-25(35)31-13-14-32-26(36)12-16-34-28(38)24(42-30(34)40)18-22-9-5-20(2)6-10-22/h3-10,17-18H,11-16H2,1-2H3,(H,31,35)(H,32,36)/b23-17-,24-18+. The lowest BCUT2D eigenvalue weighted by molar-refractivity contribution is -0.126. The Kier molecular flexibility index (Phi) is 11.1. The van der Waals surface area contributed by atoms with Gasteiger partial charge in [0.25, 0.3) is 11.8 Å². The molecule has 2 aromatic carbocycles. The van der Waals surface area contributed by atoms with Crippen molar-refractivity contribution >= 4 is 92.4 Å². The molecule has 0 spiro atoms. The highest BCUT2D eigenvalue weighted by molar-refractivity contribution is 8.27. The minimum atomic E-state index is -0.251. The second-order valence-corrected chi connectivity index (χ2v) is 13.0. The summed E-state index contributed by atoms with van der Waals surface area (Å²) in [4.78, 5) is 54.1. The fourth-order valence-electron chi connectivity index (χ4n) is 4.02. The Morgan fingerprint density at radius 2 is 1.05 bits per heavy atom. The molecule has 2 N–H and O–H groups in total. The Morgan fingerprint density at radius 1 is 0.690 bits per heavy atom. The number of nitrogens with zero attached hydrogens (tertiary/aromatic N) is 2. The number of hydrogen-bond donors (Lipinski definition) is 2. The summed E-state index contributed by atoms with van der Waals surface area (Å²) >= 11 is 13.1. The molecule has 2 saturated heterocycles. The van der Waals surface area contributed by atoms with E-state index in [1.54, 1.807) is 12.2 Å². The summed E-state index contributed by atoms with van der Waals surface area (Å²) in [5, 5.41) is 5.48. The number of nitrogens with one attached hydrogen (secondary N) is 2. The number of thioether (sulfide) groups is 2. The molecule has 2 heterocycles. The first-order valence-electron chi connectivity index (χ1n) is 13.3. The number of hydrogen-bond acceptors (Lipinski definition) is 8. The van der Waals surface area contributed by atoms with Gasteiger partial charge in [-0.25, -0.2) is 0 Å². The molecular weight excluding hydrogens is 609 g/mol. The molecule has 218 valence electrons. The molecule has 2 fully saturated rings. The van der Waals surface area contributed by atoms with Crippen molar-refractivity contribution in [3.05, 3.63) is 80.6 Å². The van der Waals surface area contributed by atoms with Crippen LogP contribution in [0.15, 0.2) is 58.3 Å². The van der Waals surface area contributed by atoms with Crippen LogP contribution in [0, 0.1) is 13.8 Å². The number of thiocarbonyl (C=S) groups is 2. The van der Waals surface area contributed by atoms with E-state index in [2.05, 4.69) is 10.6 Å². The van der Waals surface area contributed by atoms with Crippen LogP contribution in [-0.2, 0) is 19.2 Å². The molecule has 0 radical (unpaired) electrons. The smallest absolute Gasteiger partial charge is 0.266 e. The molecule has 4 amide bonds. The maximum absolute atomic E-state index is 12.8. The van der Waals surface area contributed by atoms with E-state index in [4.69, 9.17) is 24.4 Å². The summed E-state index contributed by atoms with van der Waals surface area (Å²) in [6.45, 7) is 4.81. The fraction of sp³-hybridized carbons (Fsp3) is 0.267. The molecular formula is C30H30N4O4S4. The highest BCUT2D eigenvalue weighted by atomic mass is 32.2. The monoisotopic (exact) mass is 638 g/mol. The Bertz CT molecular complexity index is 1360. The molecule has 12 heteroatoms. The third-order valence-electron chi connectivity index (χ3n) is 6.39. The second kappa shape index (κ2) is 14.7. The largest absolute Gasteiger partial charge is 0.354 e. The van der Waals surface area contributed by atoms with E-state index >= 15 is 0 Å². The Hall–Kier alpha value is -3.32. The molecule has 8 nitrogen and oxygen atoms in total. The lowest BCUT2D eigenvalue weighted by Gasteiger charge is -2.15. The Labute approximate surface area is 264 Å². The van der Waals surface area contributed by atoms with Gasteiger partial charge < -0.3 is 10.6 Å². The zero-order valence-corrected chi connectivity index (χ0v) is 26.4. The number of aryl methyl sites for hydroxylation is 2. The van der Waals surface area contributed by atoms with Gasteiger partial charge in [0.15, 0.2) is 0 Å². The van der Waals surface area contributed by atoms with E-state index < -0.39 is 0 Å². The SMILES string of the molecule is Cc1ccc(/C=C2\SC(=S)N(CCC(=O)NCCNC(=O)CCN3C(=O)/C(=C\c4ccc(C)cc4)SC3=S)C2=O)cc1. The van der Waals surface area contributed by atoms with Crippen LogP contribution in [0.1, 0.15) is 35.1 Å². The Balaban J connectivity index is 1.13. The van der Waals surface area contributed by atoms with Crippen LogP contribution in [0.2, 0.25) is 0 Å². The number of carbonyl (C=O) groups is 4. The molecule has 0 unspecified atom stereocenters. The molecule has 2 aliphatic rings. The van der Waals surface area contributed by atoms with E-state index in [0.29, 0.717) is 18.5 Å². The van der Waals surface area contributed by atoms with Crippen LogP contribution in [0.4, 0.5) is 0 Å². The van der Waals surface area contributed by atoms with Gasteiger partial charge in [0, 0.05) is 39.0 Å². The van der Waals surface area contributed by atoms with Gasteiger partial charge in [0.2, 0.25) is 11.8 Å². The number of rotatable bonds is 11. The zero-order valence-electron chi connectivity index (χ0n) is 23.2. The number of benzene rings is 2. The molecule has 2 aromatic rings. The molecule has 0 atom stereocenters. The topological polar surface area (TPSA) is 98.8 Å². The van der Waals surface area contributed by atoms with E-state index in [-0.39, 0.29) is 62.6 Å². The Morgan fingerprint density at radius 3 is 1.40 bits per heavy atom. The van der Waals surface area contributed by atoms with Crippen LogP contribution in [0.3, 0.4) is 0 Å². The summed E-state index contributed by atoms with van der Waals surface area (Å²) in [7, 11) is 0. The first-order valence-corrected chi connectivity index (χ1v) is 15.7. The maximum Gasteiger partial charge on any atom is 0.266 e. The number of amides is 4. The highest BCUT2D eigenvalue weighted by Gasteiger charge is 2.33. The van der Waals surface area contributed by atoms with E-state index in [1.165, 1.54) is 33.3 Å².